The topological polar surface area (TPSA) is 39.1 Å². The molecule has 3 rings (SSSR count). The van der Waals surface area contributed by atoms with E-state index in [1.54, 1.807) is 36.4 Å². The number of fused-ring (bicyclic) bond motifs is 1. The highest BCUT2D eigenvalue weighted by Crippen LogP contribution is 2.24. The van der Waals surface area contributed by atoms with Crippen LogP contribution in [0.25, 0.3) is 10.9 Å². The lowest BCUT2D eigenvalue weighted by molar-refractivity contribution is 0.586. The van der Waals surface area contributed by atoms with Crippen molar-refractivity contribution in [3.05, 3.63) is 66.6 Å². The van der Waals surface area contributed by atoms with Gasteiger partial charge in [-0.25, -0.2) is 16.8 Å². The number of nitrogens with zero attached hydrogens (tertiary/aromatic N) is 1. The zero-order chi connectivity index (χ0) is 13.5. The zero-order valence-corrected chi connectivity index (χ0v) is 10.6. The molecule has 0 spiro atoms. The Morgan fingerprint density at radius 1 is 0.895 bits per heavy atom. The van der Waals surface area contributed by atoms with E-state index in [9.17, 15) is 12.8 Å². The molecule has 5 heteroatoms. The van der Waals surface area contributed by atoms with Crippen molar-refractivity contribution >= 4 is 20.9 Å². The minimum absolute atomic E-state index is 0.0753. The molecule has 0 aliphatic carbocycles. The summed E-state index contributed by atoms with van der Waals surface area (Å²) < 4.78 is 39.7. The second-order valence-corrected chi connectivity index (χ2v) is 5.92. The molecule has 0 fully saturated rings. The number of hydrogen-bond donors (Lipinski definition) is 0. The first-order chi connectivity index (χ1) is 9.10. The maximum Gasteiger partial charge on any atom is 0.268 e. The molecule has 0 saturated heterocycles. The summed E-state index contributed by atoms with van der Waals surface area (Å²) in [6.45, 7) is 0. The molecule has 96 valence electrons. The van der Waals surface area contributed by atoms with Gasteiger partial charge in [0.05, 0.1) is 10.4 Å². The van der Waals surface area contributed by atoms with Crippen LogP contribution >= 0.6 is 0 Å². The maximum absolute atomic E-state index is 13.8. The molecular weight excluding hydrogens is 265 g/mol. The molecule has 1 heterocycles. The molecule has 0 N–H and O–H groups in total. The Balaban J connectivity index is 2.31. The lowest BCUT2D eigenvalue weighted by atomic mass is 10.2. The molecule has 0 aliphatic rings. The molecule has 0 saturated carbocycles. The van der Waals surface area contributed by atoms with Crippen LogP contribution in [0.2, 0.25) is 0 Å². The highest BCUT2D eigenvalue weighted by atomic mass is 32.2. The van der Waals surface area contributed by atoms with E-state index in [0.717, 1.165) is 3.97 Å². The van der Waals surface area contributed by atoms with Crippen molar-refractivity contribution < 1.29 is 12.8 Å². The Kier molecular flexibility index (Phi) is 2.64. The Morgan fingerprint density at radius 2 is 1.63 bits per heavy atom. The van der Waals surface area contributed by atoms with Crippen LogP contribution in [0.3, 0.4) is 0 Å². The van der Waals surface area contributed by atoms with Gasteiger partial charge >= 0.3 is 0 Å². The highest BCUT2D eigenvalue weighted by Gasteiger charge is 2.20. The average molecular weight is 275 g/mol. The van der Waals surface area contributed by atoms with Gasteiger partial charge in [-0.2, -0.15) is 0 Å². The van der Waals surface area contributed by atoms with Crippen LogP contribution in [0.15, 0.2) is 65.7 Å². The Bertz CT molecular complexity index is 838. The summed E-state index contributed by atoms with van der Waals surface area (Å²) in [6, 6.07) is 14.0. The van der Waals surface area contributed by atoms with E-state index >= 15 is 0 Å². The third-order valence-corrected chi connectivity index (χ3v) is 4.62. The third-order valence-electron chi connectivity index (χ3n) is 2.93. The molecule has 0 aliphatic heterocycles. The van der Waals surface area contributed by atoms with Gasteiger partial charge in [-0.1, -0.05) is 30.3 Å². The first-order valence-corrected chi connectivity index (χ1v) is 7.11. The van der Waals surface area contributed by atoms with Gasteiger partial charge in [0.25, 0.3) is 10.0 Å². The molecule has 0 bridgehead atoms. The molecule has 2 aromatic carbocycles. The molecule has 0 unspecified atom stereocenters. The van der Waals surface area contributed by atoms with Gasteiger partial charge in [-0.05, 0) is 24.3 Å². The number of benzene rings is 2. The Morgan fingerprint density at radius 3 is 2.37 bits per heavy atom. The van der Waals surface area contributed by atoms with Gasteiger partial charge in [0, 0.05) is 11.6 Å². The van der Waals surface area contributed by atoms with E-state index in [1.807, 2.05) is 0 Å². The molecule has 0 radical (unpaired) electrons. The van der Waals surface area contributed by atoms with Crippen molar-refractivity contribution in [1.82, 2.24) is 3.97 Å². The van der Waals surface area contributed by atoms with E-state index < -0.39 is 15.8 Å². The summed E-state index contributed by atoms with van der Waals surface area (Å²) in [7, 11) is -3.77. The first kappa shape index (κ1) is 11.9. The van der Waals surface area contributed by atoms with Gasteiger partial charge in [0.15, 0.2) is 0 Å². The monoisotopic (exact) mass is 275 g/mol. The third kappa shape index (κ3) is 1.82. The Hall–Kier alpha value is -2.14. The second kappa shape index (κ2) is 4.20. The first-order valence-electron chi connectivity index (χ1n) is 5.67. The van der Waals surface area contributed by atoms with Crippen molar-refractivity contribution in [3.63, 3.8) is 0 Å². The van der Waals surface area contributed by atoms with E-state index in [1.165, 1.54) is 24.4 Å². The number of aromatic nitrogens is 1. The van der Waals surface area contributed by atoms with Crippen LogP contribution in [0, 0.1) is 5.82 Å². The van der Waals surface area contributed by atoms with Crippen molar-refractivity contribution in [2.24, 2.45) is 0 Å². The van der Waals surface area contributed by atoms with Crippen molar-refractivity contribution in [1.29, 1.82) is 0 Å². The minimum atomic E-state index is -3.77. The number of para-hydroxylation sites is 1. The summed E-state index contributed by atoms with van der Waals surface area (Å²) in [5.41, 5.74) is 0.0753. The predicted molar refractivity (Wildman–Crippen MR) is 70.9 cm³/mol. The molecule has 3 nitrogen and oxygen atoms in total. The summed E-state index contributed by atoms with van der Waals surface area (Å²) in [6.07, 6.45) is 1.37. The van der Waals surface area contributed by atoms with Gasteiger partial charge in [-0.3, -0.25) is 0 Å². The summed E-state index contributed by atoms with van der Waals surface area (Å²) in [5, 5.41) is 0.555. The van der Waals surface area contributed by atoms with Crippen molar-refractivity contribution in [2.75, 3.05) is 0 Å². The van der Waals surface area contributed by atoms with E-state index in [4.69, 9.17) is 0 Å². The van der Waals surface area contributed by atoms with Crippen LogP contribution in [-0.2, 0) is 10.0 Å². The average Bonchev–Trinajstić information content (AvgIpc) is 2.86. The lowest BCUT2D eigenvalue weighted by Gasteiger charge is -2.07. The van der Waals surface area contributed by atoms with Crippen molar-refractivity contribution in [3.8, 4) is 0 Å². The van der Waals surface area contributed by atoms with E-state index in [0.29, 0.717) is 5.39 Å². The SMILES string of the molecule is O=S(=O)(c1ccccc1)n1ccc2cccc(F)c21. The predicted octanol–water partition coefficient (Wildman–Crippen LogP) is 3.02. The van der Waals surface area contributed by atoms with Crippen LogP contribution in [0.5, 0.6) is 0 Å². The zero-order valence-electron chi connectivity index (χ0n) is 9.82. The smallest absolute Gasteiger partial charge is 0.238 e. The molecule has 1 aromatic heterocycles. The molecule has 0 amide bonds. The van der Waals surface area contributed by atoms with Crippen LogP contribution < -0.4 is 0 Å². The fourth-order valence-corrected chi connectivity index (χ4v) is 3.41. The lowest BCUT2D eigenvalue weighted by Crippen LogP contribution is -2.12. The molecule has 0 atom stereocenters. The Labute approximate surface area is 110 Å². The van der Waals surface area contributed by atoms with Crippen LogP contribution in [0.4, 0.5) is 4.39 Å². The van der Waals surface area contributed by atoms with Gasteiger partial charge < -0.3 is 0 Å². The summed E-state index contributed by atoms with van der Waals surface area (Å²) in [5.74, 6) is -0.554. The van der Waals surface area contributed by atoms with E-state index in [2.05, 4.69) is 0 Å². The quantitative estimate of drug-likeness (QED) is 0.721. The second-order valence-electron chi connectivity index (χ2n) is 4.11. The summed E-state index contributed by atoms with van der Waals surface area (Å²) in [4.78, 5) is 0.135. The largest absolute Gasteiger partial charge is 0.268 e. The standard InChI is InChI=1S/C14H10FNO2S/c15-13-8-4-5-11-9-10-16(14(11)13)19(17,18)12-6-2-1-3-7-12/h1-10H. The molecule has 19 heavy (non-hydrogen) atoms. The normalized spacial score (nSPS) is 11.8. The van der Waals surface area contributed by atoms with Crippen LogP contribution in [0.1, 0.15) is 0 Å². The van der Waals surface area contributed by atoms with Gasteiger partial charge in [0.2, 0.25) is 0 Å². The van der Waals surface area contributed by atoms with E-state index in [-0.39, 0.29) is 10.4 Å². The molecular formula is C14H10FNO2S. The number of rotatable bonds is 2. The maximum atomic E-state index is 13.8. The fourth-order valence-electron chi connectivity index (χ4n) is 2.03. The summed E-state index contributed by atoms with van der Waals surface area (Å²) >= 11 is 0. The fraction of sp³-hybridized carbons (Fsp3) is 0. The van der Waals surface area contributed by atoms with Gasteiger partial charge in [0.1, 0.15) is 5.82 Å². The number of hydrogen-bond acceptors (Lipinski definition) is 2. The minimum Gasteiger partial charge on any atom is -0.238 e. The van der Waals surface area contributed by atoms with Gasteiger partial charge in [-0.15, -0.1) is 0 Å². The number of halogens is 1. The molecule has 3 aromatic rings. The highest BCUT2D eigenvalue weighted by molar-refractivity contribution is 7.90. The van der Waals surface area contributed by atoms with Crippen LogP contribution in [-0.4, -0.2) is 12.4 Å². The van der Waals surface area contributed by atoms with Crippen molar-refractivity contribution in [2.45, 2.75) is 4.90 Å².